The molecule has 0 unspecified atom stereocenters. The fourth-order valence-corrected chi connectivity index (χ4v) is 6.31. The molecule has 2 atom stereocenters. The summed E-state index contributed by atoms with van der Waals surface area (Å²) < 4.78 is 16.4. The fraction of sp³-hybridized carbons (Fsp3) is 0.486. The van der Waals surface area contributed by atoms with Crippen LogP contribution in [0.5, 0.6) is 0 Å². The van der Waals surface area contributed by atoms with Gasteiger partial charge in [0.25, 0.3) is 0 Å². The average molecular weight is 662 g/mol. The quantitative estimate of drug-likeness (QED) is 0.189. The smallest absolute Gasteiger partial charge is 0.410 e. The Kier molecular flexibility index (Phi) is 12.0. The van der Waals surface area contributed by atoms with E-state index in [2.05, 4.69) is 18.7 Å². The molecule has 258 valence electrons. The monoisotopic (exact) mass is 661 g/mol. The maximum absolute atomic E-state index is 14.3. The summed E-state index contributed by atoms with van der Waals surface area (Å²) in [6.07, 6.45) is 2.69. The van der Waals surface area contributed by atoms with Gasteiger partial charge < -0.3 is 24.0 Å². The van der Waals surface area contributed by atoms with E-state index in [1.54, 1.807) is 20.8 Å². The van der Waals surface area contributed by atoms with Crippen LogP contribution in [0.3, 0.4) is 0 Å². The predicted octanol–water partition coefficient (Wildman–Crippen LogP) is 4.93. The molecule has 48 heavy (non-hydrogen) atoms. The Balaban J connectivity index is 1.52. The molecule has 2 aliphatic rings. The molecule has 0 N–H and O–H groups in total. The highest BCUT2D eigenvalue weighted by Crippen LogP contribution is 2.44. The topological polar surface area (TPSA) is 123 Å². The number of carbonyl (C=O) groups is 5. The second kappa shape index (κ2) is 16.0. The van der Waals surface area contributed by atoms with Gasteiger partial charge in [0, 0.05) is 26.6 Å². The van der Waals surface area contributed by atoms with Crippen molar-refractivity contribution in [2.45, 2.75) is 76.5 Å². The van der Waals surface area contributed by atoms with E-state index < -0.39 is 54.0 Å². The Hall–Kier alpha value is -4.67. The Labute approximate surface area is 282 Å². The summed E-state index contributed by atoms with van der Waals surface area (Å²) in [7, 11) is 2.94. The molecule has 1 fully saturated rings. The summed E-state index contributed by atoms with van der Waals surface area (Å²) in [5, 5.41) is 0. The minimum atomic E-state index is -1.27. The molecule has 1 aliphatic carbocycles. The van der Waals surface area contributed by atoms with Crippen LogP contribution in [0.15, 0.2) is 61.2 Å². The third-order valence-electron chi connectivity index (χ3n) is 8.58. The number of benzene rings is 2. The van der Waals surface area contributed by atoms with Crippen molar-refractivity contribution >= 4 is 29.8 Å². The van der Waals surface area contributed by atoms with E-state index >= 15 is 0 Å². The first-order valence-corrected chi connectivity index (χ1v) is 16.4. The number of likely N-dealkylation sites (N-methyl/N-ethyl adjacent to an activating group) is 2. The van der Waals surface area contributed by atoms with E-state index in [0.717, 1.165) is 33.6 Å². The molecule has 0 spiro atoms. The van der Waals surface area contributed by atoms with Gasteiger partial charge in [0.05, 0.1) is 6.42 Å². The summed E-state index contributed by atoms with van der Waals surface area (Å²) in [5.41, 5.74) is 3.59. The number of hydrogen-bond donors (Lipinski definition) is 0. The van der Waals surface area contributed by atoms with Crippen molar-refractivity contribution in [3.05, 3.63) is 72.3 Å². The van der Waals surface area contributed by atoms with Crippen LogP contribution >= 0.6 is 0 Å². The zero-order valence-corrected chi connectivity index (χ0v) is 28.6. The molecule has 4 rings (SSSR count). The predicted molar refractivity (Wildman–Crippen MR) is 180 cm³/mol. The molecule has 11 heteroatoms. The highest BCUT2D eigenvalue weighted by atomic mass is 16.6. The molecule has 2 aromatic carbocycles. The van der Waals surface area contributed by atoms with Crippen molar-refractivity contribution in [2.75, 3.05) is 40.4 Å². The summed E-state index contributed by atoms with van der Waals surface area (Å²) in [4.78, 5) is 70.8. The van der Waals surface area contributed by atoms with Gasteiger partial charge in [-0.1, -0.05) is 74.0 Å². The molecule has 0 saturated carbocycles. The van der Waals surface area contributed by atoms with Crippen LogP contribution < -0.4 is 0 Å². The summed E-state index contributed by atoms with van der Waals surface area (Å²) >= 11 is 0. The third-order valence-corrected chi connectivity index (χ3v) is 8.58. The van der Waals surface area contributed by atoms with Crippen molar-refractivity contribution in [3.63, 3.8) is 0 Å². The van der Waals surface area contributed by atoms with Crippen molar-refractivity contribution in [1.82, 2.24) is 14.7 Å². The van der Waals surface area contributed by atoms with Crippen molar-refractivity contribution in [3.8, 4) is 11.1 Å². The van der Waals surface area contributed by atoms with Crippen LogP contribution in [0.1, 0.15) is 69.9 Å². The molecular formula is C37H47N3O8. The lowest BCUT2D eigenvalue weighted by Crippen LogP contribution is -2.58. The largest absolute Gasteiger partial charge is 0.461 e. The summed E-state index contributed by atoms with van der Waals surface area (Å²) in [6.45, 7) is 8.54. The highest BCUT2D eigenvalue weighted by molar-refractivity contribution is 5.94. The number of ether oxygens (including phenoxy) is 3. The number of rotatable bonds is 11. The van der Waals surface area contributed by atoms with E-state index in [-0.39, 0.29) is 32.2 Å². The summed E-state index contributed by atoms with van der Waals surface area (Å²) in [6, 6.07) is 13.9. The number of likely N-dealkylation sites (tertiary alicyclic amines) is 1. The van der Waals surface area contributed by atoms with E-state index in [9.17, 15) is 24.0 Å². The van der Waals surface area contributed by atoms with Crippen LogP contribution in [-0.4, -0.2) is 103 Å². The minimum Gasteiger partial charge on any atom is -0.461 e. The van der Waals surface area contributed by atoms with E-state index in [1.807, 2.05) is 36.4 Å². The molecule has 3 amide bonds. The van der Waals surface area contributed by atoms with Gasteiger partial charge in [-0.3, -0.25) is 24.1 Å². The van der Waals surface area contributed by atoms with Gasteiger partial charge in [0.15, 0.2) is 0 Å². The van der Waals surface area contributed by atoms with E-state index in [4.69, 9.17) is 14.2 Å². The summed E-state index contributed by atoms with van der Waals surface area (Å²) in [5.74, 6) is -2.57. The first-order chi connectivity index (χ1) is 22.8. The standard InChI is InChI=1S/C37H47N3O8/c1-7-21-46-32(41)22-31(34(43)38(5)23-33(42)48-37(2,3)4)40-20-14-8-9-19-30(35(40)44)39(6)36(45)47-24-29-27-17-12-10-15-25(27)26-16-11-13-18-28(26)29/h7,10-13,15-18,29-31H,1,8-9,14,19-24H2,2-6H3/t30-,31-/m0/s1. The zero-order valence-electron chi connectivity index (χ0n) is 28.6. The lowest BCUT2D eigenvalue weighted by atomic mass is 9.98. The van der Waals surface area contributed by atoms with Gasteiger partial charge >= 0.3 is 18.0 Å². The first kappa shape index (κ1) is 36.2. The molecule has 0 bridgehead atoms. The molecule has 0 radical (unpaired) electrons. The lowest BCUT2D eigenvalue weighted by Gasteiger charge is -2.38. The first-order valence-electron chi connectivity index (χ1n) is 16.4. The van der Waals surface area contributed by atoms with Crippen molar-refractivity contribution in [1.29, 1.82) is 0 Å². The van der Waals surface area contributed by atoms with E-state index in [1.165, 1.54) is 30.0 Å². The molecule has 1 aliphatic heterocycles. The number of nitrogens with zero attached hydrogens (tertiary/aromatic N) is 3. The van der Waals surface area contributed by atoms with Crippen LogP contribution in [-0.2, 0) is 33.4 Å². The van der Waals surface area contributed by atoms with Gasteiger partial charge in [-0.25, -0.2) is 4.79 Å². The normalized spacial score (nSPS) is 16.8. The number of amides is 3. The van der Waals surface area contributed by atoms with Crippen LogP contribution in [0.4, 0.5) is 4.79 Å². The maximum Gasteiger partial charge on any atom is 0.410 e. The third kappa shape index (κ3) is 8.81. The Morgan fingerprint density at radius 1 is 0.938 bits per heavy atom. The van der Waals surface area contributed by atoms with Crippen LogP contribution in [0.2, 0.25) is 0 Å². The maximum atomic E-state index is 14.3. The average Bonchev–Trinajstić information content (AvgIpc) is 3.35. The van der Waals surface area contributed by atoms with Crippen LogP contribution in [0.25, 0.3) is 11.1 Å². The lowest BCUT2D eigenvalue weighted by molar-refractivity contribution is -0.160. The minimum absolute atomic E-state index is 0.0609. The molecule has 0 aromatic heterocycles. The number of esters is 2. The fourth-order valence-electron chi connectivity index (χ4n) is 6.31. The van der Waals surface area contributed by atoms with Crippen molar-refractivity contribution < 1.29 is 38.2 Å². The SMILES string of the molecule is C=CCOC(=O)C[C@@H](C(=O)N(C)CC(=O)OC(C)(C)C)N1CCCCC[C@H](N(C)C(=O)OCC2c3ccccc3-c3ccccc32)C1=O. The van der Waals surface area contributed by atoms with Gasteiger partial charge in [-0.15, -0.1) is 0 Å². The van der Waals surface area contributed by atoms with Gasteiger partial charge in [-0.2, -0.15) is 0 Å². The van der Waals surface area contributed by atoms with Gasteiger partial charge in [0.1, 0.15) is 37.4 Å². The van der Waals surface area contributed by atoms with Crippen LogP contribution in [0, 0.1) is 0 Å². The molecular weight excluding hydrogens is 614 g/mol. The molecule has 11 nitrogen and oxygen atoms in total. The molecule has 1 saturated heterocycles. The number of carbonyl (C=O) groups excluding carboxylic acids is 5. The highest BCUT2D eigenvalue weighted by Gasteiger charge is 2.41. The molecule has 2 aromatic rings. The van der Waals surface area contributed by atoms with Gasteiger partial charge in [-0.05, 0) is 55.9 Å². The van der Waals surface area contributed by atoms with Crippen molar-refractivity contribution in [2.24, 2.45) is 0 Å². The second-order valence-electron chi connectivity index (χ2n) is 13.3. The van der Waals surface area contributed by atoms with Gasteiger partial charge in [0.2, 0.25) is 11.8 Å². The van der Waals surface area contributed by atoms with E-state index in [0.29, 0.717) is 19.3 Å². The Bertz CT molecular complexity index is 1470. The number of fused-ring (bicyclic) bond motifs is 3. The molecule has 1 heterocycles. The Morgan fingerprint density at radius 2 is 1.56 bits per heavy atom. The Morgan fingerprint density at radius 3 is 2.17 bits per heavy atom. The number of hydrogen-bond acceptors (Lipinski definition) is 8. The zero-order chi connectivity index (χ0) is 35.0. The second-order valence-corrected chi connectivity index (χ2v) is 13.3.